The molecule has 2 atom stereocenters. The molecule has 0 bridgehead atoms. The van der Waals surface area contributed by atoms with Crippen LogP contribution < -0.4 is 0 Å². The second-order valence-corrected chi connectivity index (χ2v) is 6.26. The zero-order valence-electron chi connectivity index (χ0n) is 11.8. The quantitative estimate of drug-likeness (QED) is 0.763. The predicted molar refractivity (Wildman–Crippen MR) is 69.9 cm³/mol. The van der Waals surface area contributed by atoms with Gasteiger partial charge in [-0.3, -0.25) is 9.59 Å². The summed E-state index contributed by atoms with van der Waals surface area (Å²) < 4.78 is 0. The van der Waals surface area contributed by atoms with Crippen molar-refractivity contribution >= 4 is 11.8 Å². The molecule has 102 valence electrons. The Kier molecular flexibility index (Phi) is 3.64. The molecule has 2 unspecified atom stereocenters. The molecule has 18 heavy (non-hydrogen) atoms. The first kappa shape index (κ1) is 13.4. The minimum Gasteiger partial charge on any atom is -0.329 e. The summed E-state index contributed by atoms with van der Waals surface area (Å²) in [6, 6.07) is -0.430. The van der Waals surface area contributed by atoms with Crippen LogP contribution in [-0.2, 0) is 9.59 Å². The summed E-state index contributed by atoms with van der Waals surface area (Å²) in [4.78, 5) is 28.7. The first-order valence-electron chi connectivity index (χ1n) is 7.04. The maximum Gasteiger partial charge on any atom is 0.246 e. The number of fused-ring (bicyclic) bond motifs is 1. The van der Waals surface area contributed by atoms with E-state index in [0.717, 1.165) is 19.4 Å². The number of nitrogens with zero attached hydrogens (tertiary/aromatic N) is 2. The SMILES string of the molecule is CC(C)CN1C(=O)C2CCCN2C(=O)C1C(C)C. The van der Waals surface area contributed by atoms with Gasteiger partial charge in [0.25, 0.3) is 0 Å². The van der Waals surface area contributed by atoms with Crippen molar-refractivity contribution in [2.24, 2.45) is 11.8 Å². The first-order chi connectivity index (χ1) is 8.43. The molecule has 4 nitrogen and oxygen atoms in total. The number of rotatable bonds is 3. The summed E-state index contributed by atoms with van der Waals surface area (Å²) in [7, 11) is 0. The van der Waals surface area contributed by atoms with Crippen LogP contribution in [0.4, 0.5) is 0 Å². The highest BCUT2D eigenvalue weighted by atomic mass is 16.2. The van der Waals surface area contributed by atoms with Gasteiger partial charge in [0, 0.05) is 13.1 Å². The van der Waals surface area contributed by atoms with Gasteiger partial charge in [-0.2, -0.15) is 0 Å². The van der Waals surface area contributed by atoms with Crippen LogP contribution in [0.2, 0.25) is 0 Å². The van der Waals surface area contributed by atoms with Crippen molar-refractivity contribution in [3.63, 3.8) is 0 Å². The van der Waals surface area contributed by atoms with Crippen molar-refractivity contribution in [1.29, 1.82) is 0 Å². The Labute approximate surface area is 109 Å². The molecule has 2 rings (SSSR count). The number of hydrogen-bond acceptors (Lipinski definition) is 2. The summed E-state index contributed by atoms with van der Waals surface area (Å²) in [6.07, 6.45) is 1.80. The minimum absolute atomic E-state index is 0.160. The van der Waals surface area contributed by atoms with E-state index < -0.39 is 0 Å². The van der Waals surface area contributed by atoms with E-state index >= 15 is 0 Å². The summed E-state index contributed by atoms with van der Waals surface area (Å²) in [5, 5.41) is 0. The Morgan fingerprint density at radius 2 is 1.83 bits per heavy atom. The lowest BCUT2D eigenvalue weighted by atomic mass is 9.95. The van der Waals surface area contributed by atoms with Gasteiger partial charge in [0.05, 0.1) is 0 Å². The van der Waals surface area contributed by atoms with Gasteiger partial charge in [0.1, 0.15) is 12.1 Å². The second-order valence-electron chi connectivity index (χ2n) is 6.26. The lowest BCUT2D eigenvalue weighted by molar-refractivity contribution is -0.162. The first-order valence-corrected chi connectivity index (χ1v) is 7.04. The molecule has 0 aromatic heterocycles. The monoisotopic (exact) mass is 252 g/mol. The van der Waals surface area contributed by atoms with Crippen LogP contribution in [0.1, 0.15) is 40.5 Å². The van der Waals surface area contributed by atoms with Crippen molar-refractivity contribution in [2.45, 2.75) is 52.6 Å². The second kappa shape index (κ2) is 4.90. The Morgan fingerprint density at radius 3 is 2.39 bits per heavy atom. The Morgan fingerprint density at radius 1 is 1.17 bits per heavy atom. The summed E-state index contributed by atoms with van der Waals surface area (Å²) in [5.74, 6) is 0.907. The molecule has 4 heteroatoms. The molecule has 0 aromatic carbocycles. The van der Waals surface area contributed by atoms with E-state index in [9.17, 15) is 9.59 Å². The molecule has 2 amide bonds. The topological polar surface area (TPSA) is 40.6 Å². The van der Waals surface area contributed by atoms with Crippen LogP contribution in [-0.4, -0.2) is 46.8 Å². The highest BCUT2D eigenvalue weighted by molar-refractivity contribution is 5.97. The largest absolute Gasteiger partial charge is 0.329 e. The summed E-state index contributed by atoms with van der Waals surface area (Å²) in [5.41, 5.74) is 0. The van der Waals surface area contributed by atoms with Gasteiger partial charge in [-0.1, -0.05) is 27.7 Å². The summed E-state index contributed by atoms with van der Waals surface area (Å²) in [6.45, 7) is 9.69. The lowest BCUT2D eigenvalue weighted by Crippen LogP contribution is -2.64. The maximum atomic E-state index is 12.5. The standard InChI is InChI=1S/C14H24N2O2/c1-9(2)8-16-12(10(3)4)14(18)15-7-5-6-11(15)13(16)17/h9-12H,5-8H2,1-4H3. The zero-order chi connectivity index (χ0) is 13.4. The molecule has 0 aromatic rings. The predicted octanol–water partition coefficient (Wildman–Crippen LogP) is 1.50. The van der Waals surface area contributed by atoms with Gasteiger partial charge in [0.15, 0.2) is 0 Å². The van der Waals surface area contributed by atoms with Gasteiger partial charge in [-0.05, 0) is 24.7 Å². The number of hydrogen-bond donors (Lipinski definition) is 0. The molecule has 2 aliphatic heterocycles. The number of carbonyl (C=O) groups excluding carboxylic acids is 2. The number of piperazine rings is 1. The van der Waals surface area contributed by atoms with Crippen molar-refractivity contribution in [3.8, 4) is 0 Å². The fraction of sp³-hybridized carbons (Fsp3) is 0.857. The van der Waals surface area contributed by atoms with E-state index in [1.807, 2.05) is 23.6 Å². The maximum absolute atomic E-state index is 12.5. The molecule has 0 radical (unpaired) electrons. The number of carbonyl (C=O) groups is 2. The highest BCUT2D eigenvalue weighted by Gasteiger charge is 2.48. The van der Waals surface area contributed by atoms with Crippen LogP contribution in [0, 0.1) is 11.8 Å². The van der Waals surface area contributed by atoms with E-state index in [4.69, 9.17) is 0 Å². The van der Waals surface area contributed by atoms with Crippen LogP contribution in [0.5, 0.6) is 0 Å². The normalized spacial score (nSPS) is 28.6. The highest BCUT2D eigenvalue weighted by Crippen LogP contribution is 2.30. The van der Waals surface area contributed by atoms with E-state index in [1.165, 1.54) is 0 Å². The lowest BCUT2D eigenvalue weighted by Gasteiger charge is -2.44. The van der Waals surface area contributed by atoms with Gasteiger partial charge < -0.3 is 9.80 Å². The third-order valence-electron chi connectivity index (χ3n) is 3.89. The minimum atomic E-state index is -0.255. The average Bonchev–Trinajstić information content (AvgIpc) is 2.73. The molecular formula is C14H24N2O2. The van der Waals surface area contributed by atoms with Crippen LogP contribution in [0.3, 0.4) is 0 Å². The summed E-state index contributed by atoms with van der Waals surface area (Å²) >= 11 is 0. The average molecular weight is 252 g/mol. The van der Waals surface area contributed by atoms with Crippen LogP contribution in [0.25, 0.3) is 0 Å². The molecule has 2 fully saturated rings. The van der Waals surface area contributed by atoms with Crippen molar-refractivity contribution in [3.05, 3.63) is 0 Å². The molecule has 0 saturated carbocycles. The van der Waals surface area contributed by atoms with Gasteiger partial charge in [-0.15, -0.1) is 0 Å². The molecule has 0 aliphatic carbocycles. The Hall–Kier alpha value is -1.06. The van der Waals surface area contributed by atoms with E-state index in [2.05, 4.69) is 13.8 Å². The van der Waals surface area contributed by atoms with E-state index in [1.54, 1.807) is 0 Å². The molecule has 2 heterocycles. The number of amides is 2. The molecule has 2 aliphatic rings. The van der Waals surface area contributed by atoms with Gasteiger partial charge >= 0.3 is 0 Å². The van der Waals surface area contributed by atoms with Gasteiger partial charge in [-0.25, -0.2) is 0 Å². The third-order valence-corrected chi connectivity index (χ3v) is 3.89. The van der Waals surface area contributed by atoms with Gasteiger partial charge in [0.2, 0.25) is 11.8 Å². The Bertz CT molecular complexity index is 352. The van der Waals surface area contributed by atoms with Crippen LogP contribution >= 0.6 is 0 Å². The zero-order valence-corrected chi connectivity index (χ0v) is 11.8. The smallest absolute Gasteiger partial charge is 0.246 e. The van der Waals surface area contributed by atoms with Crippen molar-refractivity contribution < 1.29 is 9.59 Å². The Balaban J connectivity index is 2.29. The van der Waals surface area contributed by atoms with Crippen molar-refractivity contribution in [1.82, 2.24) is 9.80 Å². The molecule has 0 N–H and O–H groups in total. The molecule has 0 spiro atoms. The van der Waals surface area contributed by atoms with Crippen molar-refractivity contribution in [2.75, 3.05) is 13.1 Å². The third kappa shape index (κ3) is 2.13. The molecular weight excluding hydrogens is 228 g/mol. The molecule has 2 saturated heterocycles. The van der Waals surface area contributed by atoms with Crippen LogP contribution in [0.15, 0.2) is 0 Å². The fourth-order valence-electron chi connectivity index (χ4n) is 3.16. The fourth-order valence-corrected chi connectivity index (χ4v) is 3.16. The van der Waals surface area contributed by atoms with E-state index in [0.29, 0.717) is 12.5 Å². The van der Waals surface area contributed by atoms with E-state index in [-0.39, 0.29) is 29.8 Å².